The highest BCUT2D eigenvalue weighted by Crippen LogP contribution is 2.05. The zero-order valence-corrected chi connectivity index (χ0v) is 17.3. The molecule has 126 valence electrons. The first kappa shape index (κ1) is 23.1. The lowest BCUT2D eigenvalue weighted by atomic mass is 10.4. The molecule has 0 aliphatic heterocycles. The number of guanidine groups is 1. The molecule has 0 fully saturated rings. The Balaban J connectivity index is 0. The molecule has 0 aromatic carbocycles. The van der Waals surface area contributed by atoms with Crippen molar-refractivity contribution in [2.75, 3.05) is 46.0 Å². The molecule has 0 rings (SSSR count). The van der Waals surface area contributed by atoms with Gasteiger partial charge in [0.25, 0.3) is 0 Å². The van der Waals surface area contributed by atoms with Gasteiger partial charge >= 0.3 is 0 Å². The summed E-state index contributed by atoms with van der Waals surface area (Å²) in [4.78, 5) is 20.4. The fraction of sp³-hybridized carbons (Fsp3) is 0.857. The van der Waals surface area contributed by atoms with E-state index in [-0.39, 0.29) is 29.9 Å². The van der Waals surface area contributed by atoms with Crippen molar-refractivity contribution in [1.82, 2.24) is 15.1 Å². The lowest BCUT2D eigenvalue weighted by molar-refractivity contribution is -0.131. The van der Waals surface area contributed by atoms with E-state index in [1.807, 2.05) is 37.6 Å². The van der Waals surface area contributed by atoms with Crippen LogP contribution in [-0.4, -0.2) is 72.9 Å². The molecular formula is C14H31IN4OS. The number of rotatable bonds is 8. The van der Waals surface area contributed by atoms with E-state index in [0.717, 1.165) is 32.1 Å². The number of nitrogens with one attached hydrogen (secondary N) is 1. The Bertz CT molecular complexity index is 311. The van der Waals surface area contributed by atoms with Crippen LogP contribution in [0.15, 0.2) is 4.99 Å². The molecule has 0 heterocycles. The molecule has 0 saturated carbocycles. The van der Waals surface area contributed by atoms with Gasteiger partial charge < -0.3 is 15.1 Å². The maximum atomic E-state index is 12.1. The Hall–Kier alpha value is -0.180. The van der Waals surface area contributed by atoms with Crippen molar-refractivity contribution in [3.8, 4) is 0 Å². The summed E-state index contributed by atoms with van der Waals surface area (Å²) in [5.74, 6) is 0.940. The van der Waals surface area contributed by atoms with Gasteiger partial charge in [-0.2, -0.15) is 11.8 Å². The maximum absolute atomic E-state index is 12.1. The van der Waals surface area contributed by atoms with Crippen LogP contribution in [0.5, 0.6) is 0 Å². The van der Waals surface area contributed by atoms with Gasteiger partial charge in [-0.25, -0.2) is 0 Å². The minimum Gasteiger partial charge on any atom is -0.357 e. The molecule has 1 amide bonds. The number of nitrogens with zero attached hydrogens (tertiary/aromatic N) is 3. The van der Waals surface area contributed by atoms with Gasteiger partial charge in [-0.3, -0.25) is 9.79 Å². The van der Waals surface area contributed by atoms with Crippen molar-refractivity contribution in [1.29, 1.82) is 0 Å². The van der Waals surface area contributed by atoms with Crippen molar-refractivity contribution in [3.63, 3.8) is 0 Å². The number of aliphatic imine (C=N–C) groups is 1. The van der Waals surface area contributed by atoms with Crippen LogP contribution in [0.25, 0.3) is 0 Å². The van der Waals surface area contributed by atoms with Crippen LogP contribution in [0.3, 0.4) is 0 Å². The van der Waals surface area contributed by atoms with E-state index in [1.54, 1.807) is 11.8 Å². The number of thioether (sulfide) groups is 1. The Morgan fingerprint density at radius 3 is 2.29 bits per heavy atom. The molecule has 0 bridgehead atoms. The largest absolute Gasteiger partial charge is 0.357 e. The lowest BCUT2D eigenvalue weighted by Gasteiger charge is -2.25. The zero-order chi connectivity index (χ0) is 15.5. The van der Waals surface area contributed by atoms with Crippen LogP contribution < -0.4 is 5.32 Å². The molecule has 1 N–H and O–H groups in total. The summed E-state index contributed by atoms with van der Waals surface area (Å²) in [6, 6.07) is 0. The first-order chi connectivity index (χ1) is 9.49. The molecule has 0 aliphatic rings. The van der Waals surface area contributed by atoms with Gasteiger partial charge in [-0.05, 0) is 27.0 Å². The zero-order valence-electron chi connectivity index (χ0n) is 14.2. The van der Waals surface area contributed by atoms with Crippen LogP contribution in [-0.2, 0) is 4.79 Å². The number of hydrogen-bond acceptors (Lipinski definition) is 3. The van der Waals surface area contributed by atoms with Crippen LogP contribution in [0.1, 0.15) is 27.7 Å². The van der Waals surface area contributed by atoms with Gasteiger partial charge in [0.2, 0.25) is 5.91 Å². The van der Waals surface area contributed by atoms with Gasteiger partial charge in [-0.1, -0.05) is 6.92 Å². The standard InChI is InChI=1S/C14H30N4OS.HI/c1-7-15-14(16-10-12(4)20-6)17(5)11-13(19)18(8-2)9-3;/h12H,7-11H2,1-6H3,(H,15,16);1H. The Morgan fingerprint density at radius 2 is 1.86 bits per heavy atom. The Labute approximate surface area is 151 Å². The van der Waals surface area contributed by atoms with Crippen molar-refractivity contribution in [2.24, 2.45) is 4.99 Å². The van der Waals surface area contributed by atoms with E-state index in [0.29, 0.717) is 11.8 Å². The third-order valence-electron chi connectivity index (χ3n) is 3.09. The molecule has 1 atom stereocenters. The van der Waals surface area contributed by atoms with Crippen LogP contribution in [0, 0.1) is 0 Å². The number of hydrogen-bond donors (Lipinski definition) is 1. The van der Waals surface area contributed by atoms with Crippen molar-refractivity contribution in [3.05, 3.63) is 0 Å². The monoisotopic (exact) mass is 430 g/mol. The fourth-order valence-electron chi connectivity index (χ4n) is 1.71. The summed E-state index contributed by atoms with van der Waals surface area (Å²) in [6.07, 6.45) is 2.08. The Kier molecular flexibility index (Phi) is 14.8. The molecule has 7 heteroatoms. The third-order valence-corrected chi connectivity index (χ3v) is 4.04. The van der Waals surface area contributed by atoms with Crippen LogP contribution >= 0.6 is 35.7 Å². The maximum Gasteiger partial charge on any atom is 0.242 e. The SMILES string of the molecule is CCNC(=NCC(C)SC)N(C)CC(=O)N(CC)CC.I. The van der Waals surface area contributed by atoms with E-state index in [1.165, 1.54) is 0 Å². The number of carbonyl (C=O) groups is 1. The third kappa shape index (κ3) is 9.44. The van der Waals surface area contributed by atoms with Gasteiger partial charge in [0, 0.05) is 31.9 Å². The first-order valence-electron chi connectivity index (χ1n) is 7.30. The summed E-state index contributed by atoms with van der Waals surface area (Å²) in [5, 5.41) is 3.72. The molecule has 0 aromatic heterocycles. The molecule has 1 unspecified atom stereocenters. The first-order valence-corrected chi connectivity index (χ1v) is 8.58. The predicted octanol–water partition coefficient (Wildman–Crippen LogP) is 2.12. The molecular weight excluding hydrogens is 399 g/mol. The van der Waals surface area contributed by atoms with Crippen molar-refractivity contribution < 1.29 is 4.79 Å². The van der Waals surface area contributed by atoms with Gasteiger partial charge in [0.05, 0.1) is 13.1 Å². The summed E-state index contributed by atoms with van der Waals surface area (Å²) in [5.41, 5.74) is 0. The molecule has 0 saturated heterocycles. The highest BCUT2D eigenvalue weighted by atomic mass is 127. The second-order valence-electron chi connectivity index (χ2n) is 4.66. The number of halogens is 1. The molecule has 21 heavy (non-hydrogen) atoms. The molecule has 0 aromatic rings. The van der Waals surface area contributed by atoms with Crippen molar-refractivity contribution >= 4 is 47.6 Å². The van der Waals surface area contributed by atoms with Gasteiger partial charge in [0.15, 0.2) is 5.96 Å². The normalized spacial score (nSPS) is 12.4. The van der Waals surface area contributed by atoms with E-state index >= 15 is 0 Å². The molecule has 5 nitrogen and oxygen atoms in total. The predicted molar refractivity (Wildman–Crippen MR) is 105 cm³/mol. The summed E-state index contributed by atoms with van der Waals surface area (Å²) < 4.78 is 0. The van der Waals surface area contributed by atoms with E-state index < -0.39 is 0 Å². The second-order valence-corrected chi connectivity index (χ2v) is 5.94. The van der Waals surface area contributed by atoms with E-state index in [4.69, 9.17) is 0 Å². The van der Waals surface area contributed by atoms with Gasteiger partial charge in [0.1, 0.15) is 0 Å². The van der Waals surface area contributed by atoms with Crippen molar-refractivity contribution in [2.45, 2.75) is 32.9 Å². The number of likely N-dealkylation sites (N-methyl/N-ethyl adjacent to an activating group) is 2. The minimum absolute atomic E-state index is 0. The second kappa shape index (κ2) is 13.5. The van der Waals surface area contributed by atoms with Gasteiger partial charge in [-0.15, -0.1) is 24.0 Å². The molecule has 0 radical (unpaired) electrons. The topological polar surface area (TPSA) is 47.9 Å². The minimum atomic E-state index is 0. The number of carbonyl (C=O) groups excluding carboxylic acids is 1. The molecule has 0 aliphatic carbocycles. The Morgan fingerprint density at radius 1 is 1.29 bits per heavy atom. The average molecular weight is 430 g/mol. The van der Waals surface area contributed by atoms with Crippen LogP contribution in [0.4, 0.5) is 0 Å². The lowest BCUT2D eigenvalue weighted by Crippen LogP contribution is -2.45. The fourth-order valence-corrected chi connectivity index (χ4v) is 1.94. The highest BCUT2D eigenvalue weighted by molar-refractivity contribution is 14.0. The highest BCUT2D eigenvalue weighted by Gasteiger charge is 2.15. The quantitative estimate of drug-likeness (QED) is 0.364. The smallest absolute Gasteiger partial charge is 0.242 e. The number of amides is 1. The van der Waals surface area contributed by atoms with Crippen LogP contribution in [0.2, 0.25) is 0 Å². The van der Waals surface area contributed by atoms with E-state index in [9.17, 15) is 4.79 Å². The summed E-state index contributed by atoms with van der Waals surface area (Å²) in [7, 11) is 1.91. The molecule has 0 spiro atoms. The average Bonchev–Trinajstić information content (AvgIpc) is 2.44. The summed E-state index contributed by atoms with van der Waals surface area (Å²) in [6.45, 7) is 11.6. The summed E-state index contributed by atoms with van der Waals surface area (Å²) >= 11 is 1.79. The van der Waals surface area contributed by atoms with E-state index in [2.05, 4.69) is 23.5 Å².